The van der Waals surface area contributed by atoms with E-state index >= 15 is 0 Å². The van der Waals surface area contributed by atoms with Crippen LogP contribution in [0.3, 0.4) is 0 Å². The molecule has 0 aliphatic carbocycles. The SMILES string of the molecule is CC1=C(c2cnc(CC(=O)c3c(F)cccc3F)cn2)CN(c2nccnc2Cl)CC1. The van der Waals surface area contributed by atoms with E-state index in [1.165, 1.54) is 24.0 Å². The maximum absolute atomic E-state index is 13.8. The Balaban J connectivity index is 1.52. The molecule has 0 radical (unpaired) electrons. The molecule has 1 aliphatic rings. The minimum atomic E-state index is -0.889. The predicted molar refractivity (Wildman–Crippen MR) is 113 cm³/mol. The zero-order valence-corrected chi connectivity index (χ0v) is 17.4. The minimum Gasteiger partial charge on any atom is -0.349 e. The van der Waals surface area contributed by atoms with E-state index in [2.05, 4.69) is 19.9 Å². The van der Waals surface area contributed by atoms with Crippen LogP contribution in [0.2, 0.25) is 5.15 Å². The highest BCUT2D eigenvalue weighted by atomic mass is 35.5. The van der Waals surface area contributed by atoms with E-state index in [0.717, 1.165) is 30.7 Å². The molecule has 4 rings (SSSR count). The monoisotopic (exact) mass is 441 g/mol. The summed E-state index contributed by atoms with van der Waals surface area (Å²) in [5, 5.41) is 0.335. The number of hydrogen-bond acceptors (Lipinski definition) is 6. The van der Waals surface area contributed by atoms with Crippen molar-refractivity contribution < 1.29 is 13.6 Å². The van der Waals surface area contributed by atoms with Crippen molar-refractivity contribution in [3.63, 3.8) is 0 Å². The molecule has 0 saturated heterocycles. The number of hydrogen-bond donors (Lipinski definition) is 0. The average Bonchev–Trinajstić information content (AvgIpc) is 2.75. The van der Waals surface area contributed by atoms with Crippen LogP contribution < -0.4 is 4.90 Å². The lowest BCUT2D eigenvalue weighted by Gasteiger charge is -2.30. The molecule has 0 saturated carbocycles. The Morgan fingerprint density at radius 1 is 1.10 bits per heavy atom. The Morgan fingerprint density at radius 2 is 1.84 bits per heavy atom. The Labute approximate surface area is 182 Å². The van der Waals surface area contributed by atoms with E-state index in [0.29, 0.717) is 28.9 Å². The van der Waals surface area contributed by atoms with Crippen LogP contribution in [0.1, 0.15) is 35.1 Å². The third-order valence-electron chi connectivity index (χ3n) is 5.15. The lowest BCUT2D eigenvalue weighted by molar-refractivity contribution is 0.0983. The fraction of sp³-hybridized carbons (Fsp3) is 0.227. The van der Waals surface area contributed by atoms with Crippen molar-refractivity contribution in [2.45, 2.75) is 19.8 Å². The van der Waals surface area contributed by atoms with Gasteiger partial charge in [-0.15, -0.1) is 0 Å². The first-order valence-electron chi connectivity index (χ1n) is 9.62. The molecule has 1 aliphatic heterocycles. The number of nitrogens with zero attached hydrogens (tertiary/aromatic N) is 5. The molecule has 9 heteroatoms. The summed E-state index contributed by atoms with van der Waals surface area (Å²) in [5.74, 6) is -1.86. The molecule has 6 nitrogen and oxygen atoms in total. The second-order valence-corrected chi connectivity index (χ2v) is 7.55. The first-order valence-corrected chi connectivity index (χ1v) is 10.0. The highest BCUT2D eigenvalue weighted by molar-refractivity contribution is 6.31. The van der Waals surface area contributed by atoms with Crippen molar-refractivity contribution in [1.29, 1.82) is 0 Å². The van der Waals surface area contributed by atoms with Gasteiger partial charge in [-0.3, -0.25) is 14.8 Å². The van der Waals surface area contributed by atoms with Crippen molar-refractivity contribution in [3.8, 4) is 0 Å². The van der Waals surface area contributed by atoms with Crippen molar-refractivity contribution in [3.05, 3.63) is 82.3 Å². The summed E-state index contributed by atoms with van der Waals surface area (Å²) in [6.45, 7) is 3.32. The van der Waals surface area contributed by atoms with Gasteiger partial charge in [0.25, 0.3) is 0 Å². The van der Waals surface area contributed by atoms with Crippen LogP contribution >= 0.6 is 11.6 Å². The quantitative estimate of drug-likeness (QED) is 0.549. The van der Waals surface area contributed by atoms with Crippen LogP contribution in [0.5, 0.6) is 0 Å². The topological polar surface area (TPSA) is 71.9 Å². The molecule has 0 unspecified atom stereocenters. The smallest absolute Gasteiger partial charge is 0.174 e. The van der Waals surface area contributed by atoms with Crippen LogP contribution in [0, 0.1) is 11.6 Å². The van der Waals surface area contributed by atoms with Gasteiger partial charge in [0, 0.05) is 31.7 Å². The van der Waals surface area contributed by atoms with Gasteiger partial charge in [-0.1, -0.05) is 23.2 Å². The number of aromatic nitrogens is 4. The summed E-state index contributed by atoms with van der Waals surface area (Å²) in [6.07, 6.45) is 6.72. The number of ketones is 1. The van der Waals surface area contributed by atoms with Gasteiger partial charge in [-0.2, -0.15) is 0 Å². The molecule has 31 heavy (non-hydrogen) atoms. The van der Waals surface area contributed by atoms with Gasteiger partial charge in [-0.25, -0.2) is 18.7 Å². The molecule has 0 fully saturated rings. The fourth-order valence-electron chi connectivity index (χ4n) is 3.48. The van der Waals surface area contributed by atoms with Gasteiger partial charge in [0.05, 0.1) is 29.6 Å². The summed E-state index contributed by atoms with van der Waals surface area (Å²) in [4.78, 5) is 31.5. The van der Waals surface area contributed by atoms with E-state index in [1.54, 1.807) is 12.4 Å². The highest BCUT2D eigenvalue weighted by Gasteiger charge is 2.23. The number of carbonyl (C=O) groups is 1. The molecule has 158 valence electrons. The van der Waals surface area contributed by atoms with E-state index in [9.17, 15) is 13.6 Å². The molecule has 3 aromatic rings. The normalized spacial score (nSPS) is 14.1. The van der Waals surface area contributed by atoms with Crippen LogP contribution in [0.15, 0.2) is 48.6 Å². The van der Waals surface area contributed by atoms with E-state index in [-0.39, 0.29) is 6.42 Å². The third-order valence-corrected chi connectivity index (χ3v) is 5.42. The van der Waals surface area contributed by atoms with E-state index in [1.807, 2.05) is 11.8 Å². The first kappa shape index (κ1) is 21.0. The molecule has 0 atom stereocenters. The van der Waals surface area contributed by atoms with Gasteiger partial charge in [0.15, 0.2) is 16.8 Å². The van der Waals surface area contributed by atoms with Crippen LogP contribution in [-0.2, 0) is 6.42 Å². The Bertz CT molecular complexity index is 1150. The standard InChI is InChI=1S/C22H18ClF2N5O/c1-13-5-8-30(22-21(23)26-6-7-27-22)12-15(13)18-11-28-14(10-29-18)9-19(31)20-16(24)3-2-4-17(20)25/h2-4,6-7,10-11H,5,8-9,12H2,1H3. The van der Waals surface area contributed by atoms with E-state index in [4.69, 9.17) is 11.6 Å². The molecule has 0 spiro atoms. The van der Waals surface area contributed by atoms with Gasteiger partial charge in [-0.05, 0) is 31.1 Å². The summed E-state index contributed by atoms with van der Waals surface area (Å²) in [5.41, 5.74) is 2.59. The number of carbonyl (C=O) groups excluding carboxylic acids is 1. The zero-order chi connectivity index (χ0) is 22.0. The van der Waals surface area contributed by atoms with Crippen molar-refractivity contribution >= 4 is 28.8 Å². The molecule has 1 aromatic carbocycles. The lowest BCUT2D eigenvalue weighted by Crippen LogP contribution is -2.32. The van der Waals surface area contributed by atoms with Gasteiger partial charge in [0.2, 0.25) is 0 Å². The molecule has 0 bridgehead atoms. The fourth-order valence-corrected chi connectivity index (χ4v) is 3.71. The molecule has 3 heterocycles. The average molecular weight is 442 g/mol. The Kier molecular flexibility index (Phi) is 5.99. The predicted octanol–water partition coefficient (Wildman–Crippen LogP) is 4.31. The number of rotatable bonds is 5. The van der Waals surface area contributed by atoms with Gasteiger partial charge >= 0.3 is 0 Å². The third kappa shape index (κ3) is 4.44. The van der Waals surface area contributed by atoms with Gasteiger partial charge < -0.3 is 4.90 Å². The van der Waals surface area contributed by atoms with Crippen molar-refractivity contribution in [2.24, 2.45) is 0 Å². The lowest BCUT2D eigenvalue weighted by atomic mass is 9.99. The molecular formula is C22H18ClF2N5O. The molecule has 0 N–H and O–H groups in total. The second kappa shape index (κ2) is 8.85. The summed E-state index contributed by atoms with van der Waals surface area (Å²) in [6, 6.07) is 3.32. The largest absolute Gasteiger partial charge is 0.349 e. The summed E-state index contributed by atoms with van der Waals surface area (Å²) in [7, 11) is 0. The maximum Gasteiger partial charge on any atom is 0.174 e. The van der Waals surface area contributed by atoms with Crippen molar-refractivity contribution in [2.75, 3.05) is 18.0 Å². The second-order valence-electron chi connectivity index (χ2n) is 7.19. The summed E-state index contributed by atoms with van der Waals surface area (Å²) >= 11 is 6.19. The number of Topliss-reactive ketones (excluding diaryl/α,β-unsaturated/α-hetero) is 1. The molecular weight excluding hydrogens is 424 g/mol. The van der Waals surface area contributed by atoms with Crippen molar-refractivity contribution in [1.82, 2.24) is 19.9 Å². The number of benzene rings is 1. The maximum atomic E-state index is 13.8. The van der Waals surface area contributed by atoms with Crippen LogP contribution in [-0.4, -0.2) is 38.8 Å². The molecule has 2 aromatic heterocycles. The minimum absolute atomic E-state index is 0.246. The Morgan fingerprint density at radius 3 is 2.52 bits per heavy atom. The highest BCUT2D eigenvalue weighted by Crippen LogP contribution is 2.30. The number of halogens is 3. The van der Waals surface area contributed by atoms with E-state index < -0.39 is 23.0 Å². The zero-order valence-electron chi connectivity index (χ0n) is 16.6. The van der Waals surface area contributed by atoms with Gasteiger partial charge in [0.1, 0.15) is 11.6 Å². The summed E-state index contributed by atoms with van der Waals surface area (Å²) < 4.78 is 27.7. The van der Waals surface area contributed by atoms with Crippen LogP contribution in [0.25, 0.3) is 5.57 Å². The van der Waals surface area contributed by atoms with Crippen LogP contribution in [0.4, 0.5) is 14.6 Å². The Hall–Kier alpha value is -3.26. The molecule has 0 amide bonds. The number of anilines is 1. The first-order chi connectivity index (χ1) is 14.9.